The van der Waals surface area contributed by atoms with Crippen LogP contribution in [0.4, 0.5) is 4.79 Å². The van der Waals surface area contributed by atoms with Crippen LogP contribution in [0.5, 0.6) is 5.75 Å². The third-order valence-corrected chi connectivity index (χ3v) is 2.52. The lowest BCUT2D eigenvalue weighted by molar-refractivity contribution is -0.109. The van der Waals surface area contributed by atoms with Crippen molar-refractivity contribution in [2.45, 2.75) is 45.3 Å². The van der Waals surface area contributed by atoms with Crippen LogP contribution in [0.3, 0.4) is 0 Å². The molecule has 1 atom stereocenters. The fraction of sp³-hybridized carbons (Fsp3) is 0.467. The number of hydrogen-bond donors (Lipinski definition) is 2. The van der Waals surface area contributed by atoms with Gasteiger partial charge in [-0.3, -0.25) is 0 Å². The van der Waals surface area contributed by atoms with E-state index in [0.29, 0.717) is 19.1 Å². The quantitative estimate of drug-likeness (QED) is 0.812. The van der Waals surface area contributed by atoms with Gasteiger partial charge in [0.2, 0.25) is 0 Å². The van der Waals surface area contributed by atoms with Crippen molar-refractivity contribution in [3.63, 3.8) is 0 Å². The molecule has 0 saturated heterocycles. The van der Waals surface area contributed by atoms with Crippen LogP contribution >= 0.6 is 0 Å². The van der Waals surface area contributed by atoms with E-state index in [0.717, 1.165) is 5.56 Å². The van der Waals surface area contributed by atoms with E-state index < -0.39 is 17.7 Å². The minimum atomic E-state index is -0.606. The van der Waals surface area contributed by atoms with Crippen molar-refractivity contribution in [1.82, 2.24) is 5.32 Å². The number of nitrogens with one attached hydrogen (secondary N) is 1. The van der Waals surface area contributed by atoms with E-state index in [-0.39, 0.29) is 5.75 Å². The largest absolute Gasteiger partial charge is 0.508 e. The maximum absolute atomic E-state index is 11.6. The summed E-state index contributed by atoms with van der Waals surface area (Å²) in [4.78, 5) is 22.5. The van der Waals surface area contributed by atoms with Crippen molar-refractivity contribution in [3.8, 4) is 5.75 Å². The Labute approximate surface area is 118 Å². The van der Waals surface area contributed by atoms with E-state index in [2.05, 4.69) is 5.32 Å². The fourth-order valence-electron chi connectivity index (χ4n) is 1.67. The molecule has 0 aliphatic rings. The predicted molar refractivity (Wildman–Crippen MR) is 75.6 cm³/mol. The predicted octanol–water partition coefficient (Wildman–Crippen LogP) is 2.42. The fourth-order valence-corrected chi connectivity index (χ4v) is 1.67. The van der Waals surface area contributed by atoms with E-state index in [1.807, 2.05) is 6.07 Å². The average Bonchev–Trinajstić information content (AvgIpc) is 2.32. The third-order valence-electron chi connectivity index (χ3n) is 2.52. The van der Waals surface area contributed by atoms with Gasteiger partial charge in [-0.25, -0.2) is 4.79 Å². The average molecular weight is 279 g/mol. The Kier molecular flexibility index (Phi) is 5.55. The minimum Gasteiger partial charge on any atom is -0.508 e. The summed E-state index contributed by atoms with van der Waals surface area (Å²) in [6, 6.07) is 6.21. The zero-order chi connectivity index (χ0) is 15.2. The molecule has 20 heavy (non-hydrogen) atoms. The van der Waals surface area contributed by atoms with Crippen LogP contribution in [-0.4, -0.2) is 29.1 Å². The molecule has 0 spiro atoms. The van der Waals surface area contributed by atoms with Crippen molar-refractivity contribution in [2.24, 2.45) is 0 Å². The van der Waals surface area contributed by atoms with Crippen LogP contribution in [0.1, 0.15) is 32.8 Å². The number of carbonyl (C=O) groups excluding carboxylic acids is 2. The van der Waals surface area contributed by atoms with Gasteiger partial charge < -0.3 is 20.0 Å². The second-order valence-electron chi connectivity index (χ2n) is 5.60. The van der Waals surface area contributed by atoms with Gasteiger partial charge in [0.15, 0.2) is 0 Å². The van der Waals surface area contributed by atoms with Crippen molar-refractivity contribution in [2.75, 3.05) is 0 Å². The molecule has 0 saturated carbocycles. The Morgan fingerprint density at radius 1 is 1.45 bits per heavy atom. The summed E-state index contributed by atoms with van der Waals surface area (Å²) in [7, 11) is 0. The molecule has 1 aromatic rings. The summed E-state index contributed by atoms with van der Waals surface area (Å²) >= 11 is 0. The molecule has 0 aromatic heterocycles. The normalized spacial score (nSPS) is 12.6. The number of hydrogen-bond acceptors (Lipinski definition) is 4. The van der Waals surface area contributed by atoms with E-state index >= 15 is 0 Å². The molecule has 1 rings (SSSR count). The van der Waals surface area contributed by atoms with Gasteiger partial charge in [0.1, 0.15) is 17.6 Å². The number of benzene rings is 1. The molecule has 5 nitrogen and oxygen atoms in total. The van der Waals surface area contributed by atoms with Crippen molar-refractivity contribution < 1.29 is 19.4 Å². The number of ether oxygens (including phenoxy) is 1. The summed E-state index contributed by atoms with van der Waals surface area (Å²) in [6.45, 7) is 5.28. The first-order chi connectivity index (χ1) is 9.30. The first-order valence-corrected chi connectivity index (χ1v) is 6.53. The zero-order valence-corrected chi connectivity index (χ0v) is 12.1. The first kappa shape index (κ1) is 16.0. The third kappa shape index (κ3) is 6.22. The van der Waals surface area contributed by atoms with E-state index in [1.54, 1.807) is 39.0 Å². The molecule has 1 aromatic carbocycles. The first-order valence-electron chi connectivity index (χ1n) is 6.53. The molecule has 1 unspecified atom stereocenters. The molecular weight excluding hydrogens is 258 g/mol. The van der Waals surface area contributed by atoms with Crippen LogP contribution < -0.4 is 5.32 Å². The highest BCUT2D eigenvalue weighted by atomic mass is 16.6. The smallest absolute Gasteiger partial charge is 0.408 e. The summed E-state index contributed by atoms with van der Waals surface area (Å²) in [5.74, 6) is 0.185. The number of aldehydes is 1. The lowest BCUT2D eigenvalue weighted by Gasteiger charge is -2.21. The SMILES string of the molecule is CC(C)(C)OC(=O)NC(C=O)CCc1cccc(O)c1. The Morgan fingerprint density at radius 2 is 2.15 bits per heavy atom. The van der Waals surface area contributed by atoms with Crippen LogP contribution in [0, 0.1) is 0 Å². The maximum Gasteiger partial charge on any atom is 0.408 e. The molecule has 0 heterocycles. The summed E-state index contributed by atoms with van der Waals surface area (Å²) in [5, 5.41) is 11.9. The number of phenols is 1. The Hall–Kier alpha value is -2.04. The molecule has 2 N–H and O–H groups in total. The van der Waals surface area contributed by atoms with Gasteiger partial charge in [-0.1, -0.05) is 12.1 Å². The van der Waals surface area contributed by atoms with Crippen molar-refractivity contribution in [3.05, 3.63) is 29.8 Å². The molecule has 0 fully saturated rings. The second-order valence-corrected chi connectivity index (χ2v) is 5.60. The zero-order valence-electron chi connectivity index (χ0n) is 12.1. The highest BCUT2D eigenvalue weighted by Gasteiger charge is 2.19. The Morgan fingerprint density at radius 3 is 2.70 bits per heavy atom. The van der Waals surface area contributed by atoms with Crippen molar-refractivity contribution in [1.29, 1.82) is 0 Å². The van der Waals surface area contributed by atoms with Gasteiger partial charge in [0.25, 0.3) is 0 Å². The number of phenolic OH excluding ortho intramolecular Hbond substituents is 1. The summed E-state index contributed by atoms with van der Waals surface area (Å²) < 4.78 is 5.09. The van der Waals surface area contributed by atoms with Gasteiger partial charge in [-0.05, 0) is 51.3 Å². The number of aromatic hydroxyl groups is 1. The summed E-state index contributed by atoms with van der Waals surface area (Å²) in [5.41, 5.74) is 0.311. The van der Waals surface area contributed by atoms with Crippen molar-refractivity contribution >= 4 is 12.4 Å². The van der Waals surface area contributed by atoms with Gasteiger partial charge in [-0.2, -0.15) is 0 Å². The van der Waals surface area contributed by atoms with Gasteiger partial charge in [0, 0.05) is 0 Å². The number of amides is 1. The lowest BCUT2D eigenvalue weighted by atomic mass is 10.1. The second kappa shape index (κ2) is 6.93. The van der Waals surface area contributed by atoms with Crippen LogP contribution in [0.2, 0.25) is 0 Å². The number of rotatable bonds is 5. The summed E-state index contributed by atoms with van der Waals surface area (Å²) in [6.07, 6.45) is 1.11. The van der Waals surface area contributed by atoms with E-state index in [1.165, 1.54) is 0 Å². The monoisotopic (exact) mass is 279 g/mol. The molecule has 0 bridgehead atoms. The number of aryl methyl sites for hydroxylation is 1. The van der Waals surface area contributed by atoms with Gasteiger partial charge in [0.05, 0.1) is 6.04 Å². The standard InChI is InChI=1S/C15H21NO4/c1-15(2,3)20-14(19)16-12(10-17)8-7-11-5-4-6-13(18)9-11/h4-6,9-10,12,18H,7-8H2,1-3H3,(H,16,19). The van der Waals surface area contributed by atoms with E-state index in [4.69, 9.17) is 4.74 Å². The van der Waals surface area contributed by atoms with Crippen LogP contribution in [0.15, 0.2) is 24.3 Å². The van der Waals surface area contributed by atoms with Crippen LogP contribution in [-0.2, 0) is 16.0 Å². The minimum absolute atomic E-state index is 0.185. The van der Waals surface area contributed by atoms with Gasteiger partial charge in [-0.15, -0.1) is 0 Å². The van der Waals surface area contributed by atoms with Gasteiger partial charge >= 0.3 is 6.09 Å². The molecule has 0 radical (unpaired) electrons. The lowest BCUT2D eigenvalue weighted by Crippen LogP contribution is -2.40. The topological polar surface area (TPSA) is 75.6 Å². The molecule has 0 aliphatic carbocycles. The Bertz CT molecular complexity index is 465. The Balaban J connectivity index is 2.47. The molecule has 5 heteroatoms. The van der Waals surface area contributed by atoms with Crippen LogP contribution in [0.25, 0.3) is 0 Å². The molecular formula is C15H21NO4. The molecule has 110 valence electrons. The number of carbonyl (C=O) groups is 2. The molecule has 1 amide bonds. The van der Waals surface area contributed by atoms with E-state index in [9.17, 15) is 14.7 Å². The molecule has 0 aliphatic heterocycles. The maximum atomic E-state index is 11.6. The highest BCUT2D eigenvalue weighted by Crippen LogP contribution is 2.13. The number of alkyl carbamates (subject to hydrolysis) is 1. The highest BCUT2D eigenvalue weighted by molar-refractivity contribution is 5.73.